The molecule has 0 saturated heterocycles. The number of fused-ring (bicyclic) bond motifs is 1. The monoisotopic (exact) mass is 557 g/mol. The number of rotatable bonds is 8. The number of hydrogen-bond acceptors (Lipinski definition) is 7. The minimum atomic E-state index is -1.06. The van der Waals surface area contributed by atoms with Crippen molar-refractivity contribution in [3.05, 3.63) is 72.1 Å². The van der Waals surface area contributed by atoms with Crippen LogP contribution in [-0.2, 0) is 22.6 Å². The number of nitrogens with zero attached hydrogens (tertiary/aromatic N) is 5. The van der Waals surface area contributed by atoms with Gasteiger partial charge in [0.25, 0.3) is 5.88 Å². The molecule has 4 aromatic rings. The first-order chi connectivity index (χ1) is 19.7. The van der Waals surface area contributed by atoms with Gasteiger partial charge < -0.3 is 19.1 Å². The minimum Gasteiger partial charge on any atom is -0.480 e. The summed E-state index contributed by atoms with van der Waals surface area (Å²) >= 11 is 0. The first-order valence-electron chi connectivity index (χ1n) is 13.9. The van der Waals surface area contributed by atoms with E-state index in [0.717, 1.165) is 5.56 Å². The molecule has 1 N–H and O–H groups in total. The standard InChI is InChI=1S/C31H35N5O5/c1-31(2,3)41-30(39)36(18-21-14-16-23(17-15-21)22-10-6-4-7-11-22)29-33-27-26(32-20-35(27)19-25(37)38)28(34-29)40-24-12-8-5-9-13-24/h5,8-9,12-17,20,22H,4,6-7,10-11,18-19H2,1-3H3,(H,37,38). The first-order valence-corrected chi connectivity index (χ1v) is 13.9. The molecular weight excluding hydrogens is 522 g/mol. The Labute approximate surface area is 239 Å². The quantitative estimate of drug-likeness (QED) is 0.254. The van der Waals surface area contributed by atoms with E-state index in [1.807, 2.05) is 30.3 Å². The van der Waals surface area contributed by atoms with Gasteiger partial charge in [-0.1, -0.05) is 61.7 Å². The Morgan fingerprint density at radius 3 is 2.37 bits per heavy atom. The molecule has 0 spiro atoms. The van der Waals surface area contributed by atoms with Crippen molar-refractivity contribution < 1.29 is 24.2 Å². The fourth-order valence-corrected chi connectivity index (χ4v) is 5.01. The van der Waals surface area contributed by atoms with Crippen LogP contribution in [0.15, 0.2) is 60.9 Å². The molecule has 1 aliphatic rings. The van der Waals surface area contributed by atoms with Crippen LogP contribution in [0.2, 0.25) is 0 Å². The molecule has 0 radical (unpaired) electrons. The maximum Gasteiger partial charge on any atom is 0.417 e. The molecule has 2 aromatic carbocycles. The van der Waals surface area contributed by atoms with Crippen LogP contribution in [0.1, 0.15) is 69.9 Å². The van der Waals surface area contributed by atoms with Gasteiger partial charge in [0.1, 0.15) is 17.9 Å². The van der Waals surface area contributed by atoms with Crippen molar-refractivity contribution in [3.8, 4) is 11.6 Å². The van der Waals surface area contributed by atoms with Crippen LogP contribution in [-0.4, -0.2) is 42.3 Å². The molecule has 0 bridgehead atoms. The zero-order chi connectivity index (χ0) is 29.0. The number of para-hydroxylation sites is 1. The number of carboxylic acid groups (broad SMARTS) is 1. The van der Waals surface area contributed by atoms with Gasteiger partial charge in [0, 0.05) is 0 Å². The largest absolute Gasteiger partial charge is 0.480 e. The molecule has 10 nitrogen and oxygen atoms in total. The van der Waals surface area contributed by atoms with E-state index in [2.05, 4.69) is 27.1 Å². The number of carbonyl (C=O) groups is 2. The van der Waals surface area contributed by atoms with Gasteiger partial charge in [-0.2, -0.15) is 9.97 Å². The molecule has 1 amide bonds. The number of carbonyl (C=O) groups excluding carboxylic acids is 1. The van der Waals surface area contributed by atoms with Crippen LogP contribution in [0.4, 0.5) is 10.7 Å². The second-order valence-electron chi connectivity index (χ2n) is 11.3. The SMILES string of the molecule is CC(C)(C)OC(=O)N(Cc1ccc(C2CCCCC2)cc1)c1nc(Oc2ccccc2)c2ncn(CC(=O)O)c2n1. The molecule has 1 fully saturated rings. The lowest BCUT2D eigenvalue weighted by atomic mass is 9.84. The third kappa shape index (κ3) is 7.00. The van der Waals surface area contributed by atoms with Gasteiger partial charge in [0.2, 0.25) is 5.95 Å². The highest BCUT2D eigenvalue weighted by molar-refractivity contribution is 5.88. The number of imidazole rings is 1. The number of aliphatic carboxylic acids is 1. The topological polar surface area (TPSA) is 120 Å². The van der Waals surface area contributed by atoms with E-state index in [4.69, 9.17) is 9.47 Å². The van der Waals surface area contributed by atoms with Crippen molar-refractivity contribution in [2.45, 2.75) is 77.5 Å². The van der Waals surface area contributed by atoms with Crippen molar-refractivity contribution in [1.82, 2.24) is 19.5 Å². The van der Waals surface area contributed by atoms with Crippen molar-refractivity contribution in [3.63, 3.8) is 0 Å². The summed E-state index contributed by atoms with van der Waals surface area (Å²) in [6, 6.07) is 17.3. The molecule has 214 valence electrons. The lowest BCUT2D eigenvalue weighted by Crippen LogP contribution is -2.37. The molecule has 0 atom stereocenters. The molecule has 1 aliphatic carbocycles. The van der Waals surface area contributed by atoms with Gasteiger partial charge in [-0.05, 0) is 62.8 Å². The predicted molar refractivity (Wildman–Crippen MR) is 154 cm³/mol. The van der Waals surface area contributed by atoms with Gasteiger partial charge in [-0.3, -0.25) is 4.79 Å². The molecular formula is C31H35N5O5. The van der Waals surface area contributed by atoms with Crippen LogP contribution < -0.4 is 9.64 Å². The van der Waals surface area contributed by atoms with E-state index < -0.39 is 17.7 Å². The van der Waals surface area contributed by atoms with Crippen molar-refractivity contribution >= 4 is 29.2 Å². The minimum absolute atomic E-state index is 0.0150. The lowest BCUT2D eigenvalue weighted by molar-refractivity contribution is -0.137. The number of benzene rings is 2. The van der Waals surface area contributed by atoms with Crippen molar-refractivity contribution in [2.75, 3.05) is 4.90 Å². The Kier molecular flexibility index (Phi) is 8.19. The highest BCUT2D eigenvalue weighted by atomic mass is 16.6. The molecule has 41 heavy (non-hydrogen) atoms. The highest BCUT2D eigenvalue weighted by Crippen LogP contribution is 2.33. The summed E-state index contributed by atoms with van der Waals surface area (Å²) in [7, 11) is 0. The van der Waals surface area contributed by atoms with E-state index in [1.165, 1.54) is 53.5 Å². The predicted octanol–water partition coefficient (Wildman–Crippen LogP) is 6.69. The third-order valence-corrected chi connectivity index (χ3v) is 6.94. The summed E-state index contributed by atoms with van der Waals surface area (Å²) in [5.41, 5.74) is 1.93. The number of amides is 1. The average Bonchev–Trinajstić information content (AvgIpc) is 3.34. The molecule has 1 saturated carbocycles. The molecule has 10 heteroatoms. The Morgan fingerprint density at radius 1 is 1.00 bits per heavy atom. The van der Waals surface area contributed by atoms with E-state index >= 15 is 0 Å². The van der Waals surface area contributed by atoms with Crippen LogP contribution >= 0.6 is 0 Å². The lowest BCUT2D eigenvalue weighted by Gasteiger charge is -2.27. The van der Waals surface area contributed by atoms with E-state index in [-0.39, 0.29) is 36.1 Å². The Morgan fingerprint density at radius 2 is 1.71 bits per heavy atom. The van der Waals surface area contributed by atoms with Gasteiger partial charge in [-0.15, -0.1) is 0 Å². The van der Waals surface area contributed by atoms with Crippen LogP contribution in [0, 0.1) is 0 Å². The Hall–Kier alpha value is -4.47. The summed E-state index contributed by atoms with van der Waals surface area (Å²) in [4.78, 5) is 40.0. The zero-order valence-electron chi connectivity index (χ0n) is 23.6. The Bertz CT molecular complexity index is 1510. The number of carboxylic acids is 1. The number of aromatic nitrogens is 4. The fourth-order valence-electron chi connectivity index (χ4n) is 5.01. The van der Waals surface area contributed by atoms with Gasteiger partial charge in [-0.25, -0.2) is 14.7 Å². The fraction of sp³-hybridized carbons (Fsp3) is 0.387. The van der Waals surface area contributed by atoms with Gasteiger partial charge >= 0.3 is 12.1 Å². The van der Waals surface area contributed by atoms with Gasteiger partial charge in [0.15, 0.2) is 11.2 Å². The maximum absolute atomic E-state index is 13.6. The first kappa shape index (κ1) is 28.1. The summed E-state index contributed by atoms with van der Waals surface area (Å²) in [6.07, 6.45) is 6.94. The summed E-state index contributed by atoms with van der Waals surface area (Å²) in [5, 5.41) is 9.45. The molecule has 5 rings (SSSR count). The third-order valence-electron chi connectivity index (χ3n) is 6.94. The second kappa shape index (κ2) is 12.0. The van der Waals surface area contributed by atoms with Crippen LogP contribution in [0.25, 0.3) is 11.2 Å². The van der Waals surface area contributed by atoms with E-state index in [9.17, 15) is 14.7 Å². The van der Waals surface area contributed by atoms with E-state index in [1.54, 1.807) is 32.9 Å². The smallest absolute Gasteiger partial charge is 0.417 e. The van der Waals surface area contributed by atoms with Crippen LogP contribution in [0.3, 0.4) is 0 Å². The number of ether oxygens (including phenoxy) is 2. The average molecular weight is 558 g/mol. The van der Waals surface area contributed by atoms with Crippen LogP contribution in [0.5, 0.6) is 11.6 Å². The van der Waals surface area contributed by atoms with E-state index in [0.29, 0.717) is 11.7 Å². The second-order valence-corrected chi connectivity index (χ2v) is 11.3. The zero-order valence-corrected chi connectivity index (χ0v) is 23.6. The summed E-state index contributed by atoms with van der Waals surface area (Å²) < 4.78 is 13.2. The summed E-state index contributed by atoms with van der Waals surface area (Å²) in [6.45, 7) is 5.14. The molecule has 2 aromatic heterocycles. The highest BCUT2D eigenvalue weighted by Gasteiger charge is 2.28. The molecule has 2 heterocycles. The normalized spacial score (nSPS) is 14.1. The summed E-state index contributed by atoms with van der Waals surface area (Å²) in [5.74, 6) is 0.130. The maximum atomic E-state index is 13.6. The number of anilines is 1. The van der Waals surface area contributed by atoms with Crippen molar-refractivity contribution in [1.29, 1.82) is 0 Å². The van der Waals surface area contributed by atoms with Gasteiger partial charge in [0.05, 0.1) is 12.9 Å². The van der Waals surface area contributed by atoms with Crippen molar-refractivity contribution in [2.24, 2.45) is 0 Å². The molecule has 0 aliphatic heterocycles. The molecule has 0 unspecified atom stereocenters. The Balaban J connectivity index is 1.54. The number of hydrogen-bond donors (Lipinski definition) is 1.